The molecule has 0 aromatic heterocycles. The summed E-state index contributed by atoms with van der Waals surface area (Å²) >= 11 is 0. The number of para-hydroxylation sites is 1. The van der Waals surface area contributed by atoms with E-state index in [2.05, 4.69) is 5.32 Å². The number of rotatable bonds is 8. The van der Waals surface area contributed by atoms with Crippen molar-refractivity contribution < 1.29 is 23.1 Å². The second-order valence-corrected chi connectivity index (χ2v) is 8.18. The maximum absolute atomic E-state index is 12.5. The largest absolute Gasteiger partial charge is 0.508 e. The smallest absolute Gasteiger partial charge is 0.246 e. The molecule has 0 saturated heterocycles. The van der Waals surface area contributed by atoms with Gasteiger partial charge in [0.05, 0.1) is 6.61 Å². The summed E-state index contributed by atoms with van der Waals surface area (Å²) < 4.78 is 31.5. The van der Waals surface area contributed by atoms with Gasteiger partial charge in [0.15, 0.2) is 0 Å². The van der Waals surface area contributed by atoms with Gasteiger partial charge in [-0.2, -0.15) is 0 Å². The Labute approximate surface area is 159 Å². The predicted molar refractivity (Wildman–Crippen MR) is 104 cm³/mol. The molecule has 0 aliphatic carbocycles. The highest BCUT2D eigenvalue weighted by Crippen LogP contribution is 2.29. The number of phenolic OH excluding ortho intramolecular Hbond substituents is 1. The van der Waals surface area contributed by atoms with Crippen molar-refractivity contribution in [2.45, 2.75) is 24.7 Å². The quantitative estimate of drug-likeness (QED) is 0.720. The van der Waals surface area contributed by atoms with E-state index in [1.54, 1.807) is 37.3 Å². The molecule has 0 radical (unpaired) electrons. The number of nitrogens with one attached hydrogen (secondary N) is 1. The summed E-state index contributed by atoms with van der Waals surface area (Å²) in [5.74, 6) is 0.0970. The molecular weight excluding hydrogens is 368 g/mol. The first-order chi connectivity index (χ1) is 12.8. The molecule has 2 N–H and O–H groups in total. The van der Waals surface area contributed by atoms with Crippen LogP contribution < -0.4 is 10.1 Å². The summed E-state index contributed by atoms with van der Waals surface area (Å²) in [6.45, 7) is 2.09. The molecule has 2 aromatic rings. The van der Waals surface area contributed by atoms with Crippen molar-refractivity contribution in [1.82, 2.24) is 4.31 Å². The molecule has 7 nitrogen and oxygen atoms in total. The van der Waals surface area contributed by atoms with Crippen molar-refractivity contribution in [3.8, 4) is 11.5 Å². The molecule has 0 fully saturated rings. The van der Waals surface area contributed by atoms with Gasteiger partial charge in [-0.05, 0) is 43.2 Å². The van der Waals surface area contributed by atoms with Crippen LogP contribution in [-0.4, -0.2) is 44.4 Å². The van der Waals surface area contributed by atoms with Crippen molar-refractivity contribution in [3.05, 3.63) is 48.0 Å². The molecule has 0 unspecified atom stereocenters. The van der Waals surface area contributed by atoms with Gasteiger partial charge in [0.25, 0.3) is 0 Å². The number of benzene rings is 2. The van der Waals surface area contributed by atoms with Gasteiger partial charge in [-0.25, -0.2) is 12.7 Å². The zero-order chi connectivity index (χ0) is 20.0. The summed E-state index contributed by atoms with van der Waals surface area (Å²) in [7, 11) is -0.859. The van der Waals surface area contributed by atoms with E-state index in [4.69, 9.17) is 4.74 Å². The normalized spacial score (nSPS) is 11.4. The number of carbonyl (C=O) groups excluding carboxylic acids is 1. The lowest BCUT2D eigenvalue weighted by Crippen LogP contribution is -2.23. The number of sulfonamides is 1. The average Bonchev–Trinajstić information content (AvgIpc) is 2.62. The minimum absolute atomic E-state index is 0.00662. The standard InChI is InChI=1S/C19H24N2O5S/c1-4-26-17-11-10-15(13-18(17)27(24,25)21(2)3)20-19(23)12-9-14-7-5-6-8-16(14)22/h5-8,10-11,13,22H,4,9,12H2,1-3H3,(H,20,23). The fraction of sp³-hybridized carbons (Fsp3) is 0.316. The van der Waals surface area contributed by atoms with E-state index >= 15 is 0 Å². The van der Waals surface area contributed by atoms with Crippen LogP contribution in [0, 0.1) is 0 Å². The molecule has 0 spiro atoms. The lowest BCUT2D eigenvalue weighted by Gasteiger charge is -2.16. The van der Waals surface area contributed by atoms with Gasteiger partial charge < -0.3 is 15.2 Å². The Morgan fingerprint density at radius 2 is 1.89 bits per heavy atom. The Hall–Kier alpha value is -2.58. The average molecular weight is 392 g/mol. The van der Waals surface area contributed by atoms with Crippen LogP contribution in [0.1, 0.15) is 18.9 Å². The van der Waals surface area contributed by atoms with Crippen LogP contribution in [0.3, 0.4) is 0 Å². The van der Waals surface area contributed by atoms with E-state index in [0.29, 0.717) is 24.3 Å². The number of anilines is 1. The molecule has 0 aliphatic heterocycles. The third-order valence-corrected chi connectivity index (χ3v) is 5.74. The summed E-state index contributed by atoms with van der Waals surface area (Å²) in [6.07, 6.45) is 0.527. The fourth-order valence-electron chi connectivity index (χ4n) is 2.45. The SMILES string of the molecule is CCOc1ccc(NC(=O)CCc2ccccc2O)cc1S(=O)(=O)N(C)C. The maximum Gasteiger partial charge on any atom is 0.246 e. The van der Waals surface area contributed by atoms with Crippen LogP contribution in [0.4, 0.5) is 5.69 Å². The number of carbonyl (C=O) groups is 1. The third kappa shape index (κ3) is 5.21. The van der Waals surface area contributed by atoms with Gasteiger partial charge in [0, 0.05) is 26.2 Å². The summed E-state index contributed by atoms with van der Waals surface area (Å²) in [5, 5.41) is 12.4. The number of amides is 1. The topological polar surface area (TPSA) is 95.9 Å². The number of ether oxygens (including phenoxy) is 1. The van der Waals surface area contributed by atoms with Crippen LogP contribution in [0.15, 0.2) is 47.4 Å². The Morgan fingerprint density at radius 3 is 2.52 bits per heavy atom. The van der Waals surface area contributed by atoms with Crippen molar-refractivity contribution in [2.24, 2.45) is 0 Å². The van der Waals surface area contributed by atoms with Crippen LogP contribution in [0.25, 0.3) is 0 Å². The molecule has 0 heterocycles. The highest BCUT2D eigenvalue weighted by atomic mass is 32.2. The number of hydrogen-bond acceptors (Lipinski definition) is 5. The van der Waals surface area contributed by atoms with E-state index < -0.39 is 10.0 Å². The Balaban J connectivity index is 2.16. The minimum atomic E-state index is -3.72. The molecule has 0 atom stereocenters. The van der Waals surface area contributed by atoms with E-state index in [9.17, 15) is 18.3 Å². The zero-order valence-corrected chi connectivity index (χ0v) is 16.4. The highest BCUT2D eigenvalue weighted by Gasteiger charge is 2.23. The highest BCUT2D eigenvalue weighted by molar-refractivity contribution is 7.89. The number of nitrogens with zero attached hydrogens (tertiary/aromatic N) is 1. The van der Waals surface area contributed by atoms with Crippen LogP contribution in [0.2, 0.25) is 0 Å². The van der Waals surface area contributed by atoms with E-state index in [0.717, 1.165) is 4.31 Å². The van der Waals surface area contributed by atoms with Crippen molar-refractivity contribution in [1.29, 1.82) is 0 Å². The molecule has 27 heavy (non-hydrogen) atoms. The molecule has 146 valence electrons. The molecule has 0 bridgehead atoms. The Morgan fingerprint density at radius 1 is 1.19 bits per heavy atom. The maximum atomic E-state index is 12.5. The van der Waals surface area contributed by atoms with Gasteiger partial charge >= 0.3 is 0 Å². The number of hydrogen-bond donors (Lipinski definition) is 2. The molecule has 2 aromatic carbocycles. The van der Waals surface area contributed by atoms with Gasteiger partial charge in [0.1, 0.15) is 16.4 Å². The number of aromatic hydroxyl groups is 1. The van der Waals surface area contributed by atoms with Gasteiger partial charge in [-0.1, -0.05) is 18.2 Å². The van der Waals surface area contributed by atoms with Crippen molar-refractivity contribution in [2.75, 3.05) is 26.0 Å². The summed E-state index contributed by atoms with van der Waals surface area (Å²) in [6, 6.07) is 11.3. The predicted octanol–water partition coefficient (Wildman–Crippen LogP) is 2.61. The molecular formula is C19H24N2O5S. The van der Waals surface area contributed by atoms with Crippen molar-refractivity contribution >= 4 is 21.6 Å². The van der Waals surface area contributed by atoms with Crippen LogP contribution in [0.5, 0.6) is 11.5 Å². The lowest BCUT2D eigenvalue weighted by atomic mass is 10.1. The van der Waals surface area contributed by atoms with Crippen LogP contribution in [-0.2, 0) is 21.2 Å². The molecule has 1 amide bonds. The van der Waals surface area contributed by atoms with Gasteiger partial charge in [-0.15, -0.1) is 0 Å². The number of phenols is 1. The van der Waals surface area contributed by atoms with Crippen LogP contribution >= 0.6 is 0 Å². The minimum Gasteiger partial charge on any atom is -0.508 e. The molecule has 2 rings (SSSR count). The third-order valence-electron chi connectivity index (χ3n) is 3.90. The zero-order valence-electron chi connectivity index (χ0n) is 15.6. The Kier molecular flexibility index (Phi) is 6.81. The Bertz CT molecular complexity index is 910. The van der Waals surface area contributed by atoms with Gasteiger partial charge in [-0.3, -0.25) is 4.79 Å². The second kappa shape index (κ2) is 8.88. The first-order valence-electron chi connectivity index (χ1n) is 8.51. The first kappa shape index (κ1) is 20.7. The summed E-state index contributed by atoms with van der Waals surface area (Å²) in [5.41, 5.74) is 1.04. The lowest BCUT2D eigenvalue weighted by molar-refractivity contribution is -0.116. The number of aryl methyl sites for hydroxylation is 1. The first-order valence-corrected chi connectivity index (χ1v) is 9.95. The fourth-order valence-corrected chi connectivity index (χ4v) is 3.50. The van der Waals surface area contributed by atoms with Crippen molar-refractivity contribution in [3.63, 3.8) is 0 Å². The second-order valence-electron chi connectivity index (χ2n) is 6.06. The van der Waals surface area contributed by atoms with Gasteiger partial charge in [0.2, 0.25) is 15.9 Å². The molecule has 0 aliphatic rings. The summed E-state index contributed by atoms with van der Waals surface area (Å²) in [4.78, 5) is 12.2. The van der Waals surface area contributed by atoms with E-state index in [1.165, 1.54) is 26.2 Å². The molecule has 0 saturated carbocycles. The molecule has 8 heteroatoms. The van der Waals surface area contributed by atoms with E-state index in [-0.39, 0.29) is 28.7 Å². The van der Waals surface area contributed by atoms with E-state index in [1.807, 2.05) is 0 Å². The monoisotopic (exact) mass is 392 g/mol.